The normalized spacial score (nSPS) is 15.5. The first kappa shape index (κ1) is 15.5. The number of hydrogen-bond donors (Lipinski definition) is 1. The number of nitrogens with zero attached hydrogens (tertiary/aromatic N) is 1. The number of carbonyl (C=O) groups is 2. The topological polar surface area (TPSA) is 66.8 Å². The van der Waals surface area contributed by atoms with Gasteiger partial charge in [0, 0.05) is 12.6 Å². The summed E-state index contributed by atoms with van der Waals surface area (Å²) in [5, 5.41) is 8.56. The summed E-state index contributed by atoms with van der Waals surface area (Å²) in [4.78, 5) is 24.6. The molecule has 0 spiro atoms. The lowest BCUT2D eigenvalue weighted by Gasteiger charge is -2.29. The van der Waals surface area contributed by atoms with Gasteiger partial charge >= 0.3 is 5.97 Å². The Morgan fingerprint density at radius 3 is 2.52 bits per heavy atom. The van der Waals surface area contributed by atoms with Crippen LogP contribution < -0.4 is 0 Å². The summed E-state index contributed by atoms with van der Waals surface area (Å²) < 4.78 is 4.94. The molecule has 0 aromatic heterocycles. The predicted octanol–water partition coefficient (Wildman–Crippen LogP) is 1.91. The van der Waals surface area contributed by atoms with Gasteiger partial charge in [-0.25, -0.2) is 4.79 Å². The van der Waals surface area contributed by atoms with E-state index in [0.717, 1.165) is 18.4 Å². The highest BCUT2D eigenvalue weighted by atomic mass is 16.5. The highest BCUT2D eigenvalue weighted by molar-refractivity contribution is 5.78. The molecule has 2 rings (SSSR count). The molecule has 0 radical (unpaired) electrons. The van der Waals surface area contributed by atoms with Crippen molar-refractivity contribution >= 4 is 11.9 Å². The fraction of sp³-hybridized carbons (Fsp3) is 0.500. The maximum atomic E-state index is 12.3. The average Bonchev–Trinajstić information content (AvgIpc) is 3.29. The minimum Gasteiger partial charge on any atom is -0.480 e. The molecule has 21 heavy (non-hydrogen) atoms. The monoisotopic (exact) mass is 291 g/mol. The van der Waals surface area contributed by atoms with Gasteiger partial charge in [0.25, 0.3) is 0 Å². The van der Waals surface area contributed by atoms with Crippen LogP contribution in [0.5, 0.6) is 0 Å². The fourth-order valence-electron chi connectivity index (χ4n) is 2.38. The zero-order valence-electron chi connectivity index (χ0n) is 12.2. The Hall–Kier alpha value is -1.88. The van der Waals surface area contributed by atoms with Crippen molar-refractivity contribution in [2.75, 3.05) is 13.2 Å². The van der Waals surface area contributed by atoms with Gasteiger partial charge in [0.1, 0.15) is 13.2 Å². The highest BCUT2D eigenvalue weighted by Gasteiger charge is 2.34. The Morgan fingerprint density at radius 1 is 1.29 bits per heavy atom. The first-order chi connectivity index (χ1) is 10.1. The summed E-state index contributed by atoms with van der Waals surface area (Å²) >= 11 is 0. The second-order valence-corrected chi connectivity index (χ2v) is 5.47. The summed E-state index contributed by atoms with van der Waals surface area (Å²) in [6, 6.07) is 9.96. The van der Waals surface area contributed by atoms with Gasteiger partial charge in [-0.1, -0.05) is 30.3 Å². The fourth-order valence-corrected chi connectivity index (χ4v) is 2.38. The van der Waals surface area contributed by atoms with Crippen LogP contribution in [0, 0.1) is 5.92 Å². The number of amides is 1. The molecule has 1 fully saturated rings. The van der Waals surface area contributed by atoms with E-state index in [2.05, 4.69) is 6.92 Å². The number of benzene rings is 1. The van der Waals surface area contributed by atoms with Crippen LogP contribution in [0.25, 0.3) is 0 Å². The van der Waals surface area contributed by atoms with Crippen LogP contribution in [0.1, 0.15) is 25.3 Å². The molecule has 5 nitrogen and oxygen atoms in total. The second-order valence-electron chi connectivity index (χ2n) is 5.47. The van der Waals surface area contributed by atoms with E-state index in [9.17, 15) is 9.59 Å². The number of aliphatic carboxylic acids is 1. The van der Waals surface area contributed by atoms with E-state index in [0.29, 0.717) is 12.5 Å². The Balaban J connectivity index is 1.97. The molecule has 5 heteroatoms. The van der Waals surface area contributed by atoms with Gasteiger partial charge in [0.05, 0.1) is 0 Å². The summed E-state index contributed by atoms with van der Waals surface area (Å²) in [5.41, 5.74) is 1.07. The van der Waals surface area contributed by atoms with Crippen molar-refractivity contribution in [3.63, 3.8) is 0 Å². The Kier molecular flexibility index (Phi) is 5.33. The molecule has 0 aliphatic heterocycles. The first-order valence-corrected chi connectivity index (χ1v) is 7.21. The van der Waals surface area contributed by atoms with Crippen LogP contribution >= 0.6 is 0 Å². The number of carbonyl (C=O) groups excluding carboxylic acids is 1. The maximum absolute atomic E-state index is 12.3. The molecule has 1 aliphatic rings. The lowest BCUT2D eigenvalue weighted by molar-refractivity contribution is -0.147. The Morgan fingerprint density at radius 2 is 1.95 bits per heavy atom. The van der Waals surface area contributed by atoms with E-state index in [1.165, 1.54) is 0 Å². The Bertz CT molecular complexity index is 484. The number of carboxylic acids is 1. The molecule has 0 saturated heterocycles. The SMILES string of the molecule is CC(C1CC1)N(Cc1ccccc1)C(=O)COCC(=O)O. The lowest BCUT2D eigenvalue weighted by Crippen LogP contribution is -2.41. The average molecular weight is 291 g/mol. The summed E-state index contributed by atoms with van der Waals surface area (Å²) in [6.45, 7) is 1.96. The summed E-state index contributed by atoms with van der Waals surface area (Å²) in [7, 11) is 0. The van der Waals surface area contributed by atoms with Gasteiger partial charge in [-0.15, -0.1) is 0 Å². The number of ether oxygens (including phenoxy) is 1. The van der Waals surface area contributed by atoms with Gasteiger partial charge in [-0.3, -0.25) is 4.79 Å². The number of carboxylic acid groups (broad SMARTS) is 1. The van der Waals surface area contributed by atoms with E-state index in [-0.39, 0.29) is 18.6 Å². The summed E-state index contributed by atoms with van der Waals surface area (Å²) in [6.07, 6.45) is 2.30. The molecular weight excluding hydrogens is 270 g/mol. The first-order valence-electron chi connectivity index (χ1n) is 7.21. The molecule has 1 aromatic carbocycles. The molecule has 1 aliphatic carbocycles. The molecule has 1 amide bonds. The van der Waals surface area contributed by atoms with Gasteiger partial charge < -0.3 is 14.7 Å². The van der Waals surface area contributed by atoms with Crippen LogP contribution in [0.2, 0.25) is 0 Å². The molecule has 0 bridgehead atoms. The minimum absolute atomic E-state index is 0.153. The molecular formula is C16H21NO4. The zero-order chi connectivity index (χ0) is 15.2. The third-order valence-corrected chi connectivity index (χ3v) is 3.76. The molecule has 1 N–H and O–H groups in total. The zero-order valence-corrected chi connectivity index (χ0v) is 12.2. The van der Waals surface area contributed by atoms with Crippen LogP contribution in [-0.4, -0.2) is 41.1 Å². The van der Waals surface area contributed by atoms with Crippen molar-refractivity contribution in [3.8, 4) is 0 Å². The molecule has 0 heterocycles. The number of rotatable bonds is 8. The minimum atomic E-state index is -1.06. The molecule has 1 unspecified atom stereocenters. The second kappa shape index (κ2) is 7.22. The molecule has 1 aromatic rings. The van der Waals surface area contributed by atoms with Crippen LogP contribution in [0.15, 0.2) is 30.3 Å². The maximum Gasteiger partial charge on any atom is 0.329 e. The van der Waals surface area contributed by atoms with E-state index in [4.69, 9.17) is 9.84 Å². The van der Waals surface area contributed by atoms with E-state index in [1.807, 2.05) is 30.3 Å². The third kappa shape index (κ3) is 4.86. The smallest absolute Gasteiger partial charge is 0.329 e. The largest absolute Gasteiger partial charge is 0.480 e. The van der Waals surface area contributed by atoms with Crippen molar-refractivity contribution in [3.05, 3.63) is 35.9 Å². The van der Waals surface area contributed by atoms with E-state index >= 15 is 0 Å². The quantitative estimate of drug-likeness (QED) is 0.794. The van der Waals surface area contributed by atoms with Gasteiger partial charge in [-0.2, -0.15) is 0 Å². The lowest BCUT2D eigenvalue weighted by atomic mass is 10.1. The van der Waals surface area contributed by atoms with Crippen LogP contribution in [-0.2, 0) is 20.9 Å². The standard InChI is InChI=1S/C16H21NO4/c1-12(14-7-8-14)17(9-13-5-3-2-4-6-13)15(18)10-21-11-16(19)20/h2-6,12,14H,7-11H2,1H3,(H,19,20). The van der Waals surface area contributed by atoms with Crippen molar-refractivity contribution in [1.82, 2.24) is 4.90 Å². The Labute approximate surface area is 124 Å². The van der Waals surface area contributed by atoms with Crippen LogP contribution in [0.4, 0.5) is 0 Å². The van der Waals surface area contributed by atoms with Gasteiger partial charge in [0.2, 0.25) is 5.91 Å². The van der Waals surface area contributed by atoms with Crippen molar-refractivity contribution < 1.29 is 19.4 Å². The predicted molar refractivity (Wildman–Crippen MR) is 77.6 cm³/mol. The third-order valence-electron chi connectivity index (χ3n) is 3.76. The van der Waals surface area contributed by atoms with E-state index in [1.54, 1.807) is 4.90 Å². The molecule has 114 valence electrons. The highest BCUT2D eigenvalue weighted by Crippen LogP contribution is 2.35. The van der Waals surface area contributed by atoms with Gasteiger partial charge in [-0.05, 0) is 31.2 Å². The summed E-state index contributed by atoms with van der Waals surface area (Å²) in [5.74, 6) is -0.663. The molecule has 1 saturated carbocycles. The van der Waals surface area contributed by atoms with Gasteiger partial charge in [0.15, 0.2) is 0 Å². The number of hydrogen-bond acceptors (Lipinski definition) is 3. The van der Waals surface area contributed by atoms with Crippen LogP contribution in [0.3, 0.4) is 0 Å². The molecule has 1 atom stereocenters. The van der Waals surface area contributed by atoms with Crippen molar-refractivity contribution in [2.45, 2.75) is 32.4 Å². The van der Waals surface area contributed by atoms with Crippen molar-refractivity contribution in [2.24, 2.45) is 5.92 Å². The van der Waals surface area contributed by atoms with E-state index < -0.39 is 12.6 Å². The van der Waals surface area contributed by atoms with Crippen molar-refractivity contribution in [1.29, 1.82) is 0 Å².